The van der Waals surface area contributed by atoms with Gasteiger partial charge in [0.2, 0.25) is 0 Å². The van der Waals surface area contributed by atoms with E-state index >= 15 is 0 Å². The second-order valence-electron chi connectivity index (χ2n) is 3.69. The summed E-state index contributed by atoms with van der Waals surface area (Å²) in [6.45, 7) is 5.10. The van der Waals surface area contributed by atoms with Gasteiger partial charge >= 0.3 is 0 Å². The molecule has 1 rings (SSSR count). The van der Waals surface area contributed by atoms with E-state index in [1.54, 1.807) is 12.1 Å². The zero-order valence-corrected chi connectivity index (χ0v) is 8.54. The SMILES string of the molecule is CC(C)CNc1ccc(N)cc1C#N. The van der Waals surface area contributed by atoms with E-state index in [2.05, 4.69) is 25.2 Å². The Kier molecular flexibility index (Phi) is 3.35. The van der Waals surface area contributed by atoms with E-state index in [1.807, 2.05) is 6.07 Å². The van der Waals surface area contributed by atoms with E-state index in [9.17, 15) is 0 Å². The Morgan fingerprint density at radius 1 is 1.50 bits per heavy atom. The molecule has 0 saturated carbocycles. The molecular formula is C11H15N3. The molecule has 0 heterocycles. The second-order valence-corrected chi connectivity index (χ2v) is 3.69. The molecule has 0 aliphatic heterocycles. The van der Waals surface area contributed by atoms with E-state index in [4.69, 9.17) is 11.0 Å². The molecule has 0 unspecified atom stereocenters. The normalized spacial score (nSPS) is 9.86. The molecule has 0 atom stereocenters. The maximum atomic E-state index is 8.86. The topological polar surface area (TPSA) is 61.8 Å². The van der Waals surface area contributed by atoms with Crippen molar-refractivity contribution in [1.29, 1.82) is 5.26 Å². The van der Waals surface area contributed by atoms with Crippen LogP contribution >= 0.6 is 0 Å². The molecule has 3 N–H and O–H groups in total. The van der Waals surface area contributed by atoms with Crippen LogP contribution in [0.5, 0.6) is 0 Å². The maximum absolute atomic E-state index is 8.86. The van der Waals surface area contributed by atoms with Crippen LogP contribution in [0.2, 0.25) is 0 Å². The van der Waals surface area contributed by atoms with Crippen molar-refractivity contribution in [2.45, 2.75) is 13.8 Å². The molecule has 0 aromatic heterocycles. The van der Waals surface area contributed by atoms with Gasteiger partial charge in [-0.05, 0) is 24.1 Å². The van der Waals surface area contributed by atoms with E-state index in [0.29, 0.717) is 17.2 Å². The van der Waals surface area contributed by atoms with Gasteiger partial charge in [0.1, 0.15) is 6.07 Å². The summed E-state index contributed by atoms with van der Waals surface area (Å²) >= 11 is 0. The standard InChI is InChI=1S/C11H15N3/c1-8(2)7-14-11-4-3-10(13)5-9(11)6-12/h3-5,8,14H,7,13H2,1-2H3. The summed E-state index contributed by atoms with van der Waals surface area (Å²) in [5.74, 6) is 0.555. The van der Waals surface area contributed by atoms with Crippen molar-refractivity contribution in [3.05, 3.63) is 23.8 Å². The third-order valence-electron chi connectivity index (χ3n) is 1.86. The number of nitrogen functional groups attached to an aromatic ring is 1. The fraction of sp³-hybridized carbons (Fsp3) is 0.364. The van der Waals surface area contributed by atoms with Crippen molar-refractivity contribution in [2.75, 3.05) is 17.6 Å². The number of hydrogen-bond donors (Lipinski definition) is 2. The van der Waals surface area contributed by atoms with Gasteiger partial charge in [0.15, 0.2) is 0 Å². The van der Waals surface area contributed by atoms with Crippen molar-refractivity contribution in [3.8, 4) is 6.07 Å². The largest absolute Gasteiger partial charge is 0.399 e. The predicted molar refractivity (Wildman–Crippen MR) is 58.9 cm³/mol. The van der Waals surface area contributed by atoms with Gasteiger partial charge < -0.3 is 11.1 Å². The summed E-state index contributed by atoms with van der Waals surface area (Å²) in [6, 6.07) is 7.44. The van der Waals surface area contributed by atoms with Gasteiger partial charge in [-0.2, -0.15) is 5.26 Å². The molecule has 14 heavy (non-hydrogen) atoms. The third kappa shape index (κ3) is 2.67. The average molecular weight is 189 g/mol. The number of benzene rings is 1. The number of nitrogens with zero attached hydrogens (tertiary/aromatic N) is 1. The quantitative estimate of drug-likeness (QED) is 0.716. The molecule has 0 aliphatic carbocycles. The van der Waals surface area contributed by atoms with Crippen LogP contribution < -0.4 is 11.1 Å². The first-order valence-corrected chi connectivity index (χ1v) is 4.67. The van der Waals surface area contributed by atoms with Gasteiger partial charge in [0, 0.05) is 12.2 Å². The molecule has 1 aromatic carbocycles. The summed E-state index contributed by atoms with van der Waals surface area (Å²) in [4.78, 5) is 0. The second kappa shape index (κ2) is 4.52. The fourth-order valence-corrected chi connectivity index (χ4v) is 1.12. The van der Waals surface area contributed by atoms with Crippen molar-refractivity contribution in [2.24, 2.45) is 5.92 Å². The van der Waals surface area contributed by atoms with Gasteiger partial charge in [-0.15, -0.1) is 0 Å². The molecule has 0 fully saturated rings. The maximum Gasteiger partial charge on any atom is 0.101 e. The summed E-state index contributed by atoms with van der Waals surface area (Å²) in [6.07, 6.45) is 0. The van der Waals surface area contributed by atoms with E-state index in [0.717, 1.165) is 12.2 Å². The predicted octanol–water partition coefficient (Wildman–Crippen LogP) is 2.21. The molecule has 0 bridgehead atoms. The van der Waals surface area contributed by atoms with E-state index < -0.39 is 0 Å². The van der Waals surface area contributed by atoms with Crippen molar-refractivity contribution in [3.63, 3.8) is 0 Å². The van der Waals surface area contributed by atoms with Crippen LogP contribution in [0.25, 0.3) is 0 Å². The number of rotatable bonds is 3. The minimum absolute atomic E-state index is 0.555. The first-order valence-electron chi connectivity index (χ1n) is 4.67. The van der Waals surface area contributed by atoms with Crippen LogP contribution in [0, 0.1) is 17.2 Å². The Morgan fingerprint density at radius 3 is 2.79 bits per heavy atom. The smallest absolute Gasteiger partial charge is 0.101 e. The van der Waals surface area contributed by atoms with Crippen LogP contribution in [0.3, 0.4) is 0 Å². The van der Waals surface area contributed by atoms with Gasteiger partial charge in [0.05, 0.1) is 11.3 Å². The van der Waals surface area contributed by atoms with Gasteiger partial charge in [-0.1, -0.05) is 13.8 Å². The summed E-state index contributed by atoms with van der Waals surface area (Å²) in [5.41, 5.74) is 7.66. The zero-order valence-electron chi connectivity index (χ0n) is 8.54. The first kappa shape index (κ1) is 10.4. The molecule has 3 heteroatoms. The molecule has 0 aliphatic rings. The lowest BCUT2D eigenvalue weighted by molar-refractivity contribution is 0.689. The molecule has 3 nitrogen and oxygen atoms in total. The zero-order chi connectivity index (χ0) is 10.6. The molecule has 0 spiro atoms. The molecule has 0 radical (unpaired) electrons. The van der Waals surface area contributed by atoms with Crippen LogP contribution in [-0.2, 0) is 0 Å². The lowest BCUT2D eigenvalue weighted by atomic mass is 10.1. The van der Waals surface area contributed by atoms with Crippen LogP contribution in [0.1, 0.15) is 19.4 Å². The lowest BCUT2D eigenvalue weighted by Crippen LogP contribution is -2.09. The first-order chi connectivity index (χ1) is 6.63. The number of nitriles is 1. The van der Waals surface area contributed by atoms with Gasteiger partial charge in [0.25, 0.3) is 0 Å². The van der Waals surface area contributed by atoms with Crippen molar-refractivity contribution >= 4 is 11.4 Å². The van der Waals surface area contributed by atoms with Gasteiger partial charge in [-0.3, -0.25) is 0 Å². The minimum atomic E-state index is 0.555. The average Bonchev–Trinajstić information content (AvgIpc) is 2.15. The van der Waals surface area contributed by atoms with E-state index in [-0.39, 0.29) is 0 Å². The van der Waals surface area contributed by atoms with E-state index in [1.165, 1.54) is 0 Å². The van der Waals surface area contributed by atoms with Crippen molar-refractivity contribution < 1.29 is 0 Å². The van der Waals surface area contributed by atoms with Crippen LogP contribution in [-0.4, -0.2) is 6.54 Å². The minimum Gasteiger partial charge on any atom is -0.399 e. The number of nitrogens with two attached hydrogens (primary N) is 1. The number of hydrogen-bond acceptors (Lipinski definition) is 3. The molecular weight excluding hydrogens is 174 g/mol. The highest BCUT2D eigenvalue weighted by Crippen LogP contribution is 2.17. The summed E-state index contributed by atoms with van der Waals surface area (Å²) in [7, 11) is 0. The Labute approximate surface area is 84.5 Å². The van der Waals surface area contributed by atoms with Gasteiger partial charge in [-0.25, -0.2) is 0 Å². The molecule has 74 valence electrons. The van der Waals surface area contributed by atoms with Crippen LogP contribution in [0.4, 0.5) is 11.4 Å². The molecule has 0 saturated heterocycles. The van der Waals surface area contributed by atoms with Crippen LogP contribution in [0.15, 0.2) is 18.2 Å². The highest BCUT2D eigenvalue weighted by Gasteiger charge is 2.02. The Morgan fingerprint density at radius 2 is 2.21 bits per heavy atom. The Balaban J connectivity index is 2.82. The lowest BCUT2D eigenvalue weighted by Gasteiger charge is -2.10. The Hall–Kier alpha value is -1.69. The monoisotopic (exact) mass is 189 g/mol. The van der Waals surface area contributed by atoms with Crippen molar-refractivity contribution in [1.82, 2.24) is 0 Å². The summed E-state index contributed by atoms with van der Waals surface area (Å²) in [5, 5.41) is 12.1. The highest BCUT2D eigenvalue weighted by atomic mass is 14.9. The molecule has 1 aromatic rings. The third-order valence-corrected chi connectivity index (χ3v) is 1.86. The number of nitrogens with one attached hydrogen (secondary N) is 1. The fourth-order valence-electron chi connectivity index (χ4n) is 1.12. The summed E-state index contributed by atoms with van der Waals surface area (Å²) < 4.78 is 0. The molecule has 0 amide bonds. The Bertz CT molecular complexity index is 350. The number of anilines is 2. The highest BCUT2D eigenvalue weighted by molar-refractivity contribution is 5.62.